The third kappa shape index (κ3) is 5.41. The van der Waals surface area contributed by atoms with Gasteiger partial charge in [-0.15, -0.1) is 0 Å². The van der Waals surface area contributed by atoms with E-state index in [-0.39, 0.29) is 0 Å². The molecule has 0 radical (unpaired) electrons. The van der Waals surface area contributed by atoms with Crippen LogP contribution in [0.1, 0.15) is 51.0 Å². The van der Waals surface area contributed by atoms with Crippen LogP contribution in [0.25, 0.3) is 10.8 Å². The van der Waals surface area contributed by atoms with Crippen LogP contribution >= 0.6 is 15.9 Å². The number of alkyl halides is 1. The molecule has 0 aliphatic heterocycles. The highest BCUT2D eigenvalue weighted by molar-refractivity contribution is 9.09. The molecular weight excluding hydrogens is 364 g/mol. The molecule has 2 aromatic rings. The van der Waals surface area contributed by atoms with Gasteiger partial charge in [0.1, 0.15) is 11.5 Å². The van der Waals surface area contributed by atoms with E-state index in [1.807, 2.05) is 6.92 Å². The molecule has 0 spiro atoms. The summed E-state index contributed by atoms with van der Waals surface area (Å²) in [6.45, 7) is 5.58. The summed E-state index contributed by atoms with van der Waals surface area (Å²) in [6, 6.07) is 10.5. The third-order valence-corrected chi connectivity index (χ3v) is 4.78. The maximum atomic E-state index is 6.10. The zero-order valence-corrected chi connectivity index (χ0v) is 16.5. The van der Waals surface area contributed by atoms with E-state index in [4.69, 9.17) is 9.47 Å². The monoisotopic (exact) mass is 392 g/mol. The molecule has 0 aliphatic rings. The first-order chi connectivity index (χ1) is 11.8. The molecule has 132 valence electrons. The molecule has 3 heteroatoms. The average molecular weight is 393 g/mol. The van der Waals surface area contributed by atoms with Gasteiger partial charge in [0, 0.05) is 16.1 Å². The molecule has 2 rings (SSSR count). The number of rotatable bonds is 11. The molecule has 0 unspecified atom stereocenters. The van der Waals surface area contributed by atoms with Crippen LogP contribution in [0.3, 0.4) is 0 Å². The molecule has 0 aliphatic carbocycles. The standard InChI is InChI=1S/C21H29BrO2/c1-3-23-21-17(2)16-20(18-12-8-9-13-19(18)21)24-15-11-7-5-4-6-10-14-22/h8-9,12-13,16H,3-7,10-11,14-15H2,1-2H3. The molecule has 0 saturated heterocycles. The molecule has 0 fully saturated rings. The molecule has 0 bridgehead atoms. The van der Waals surface area contributed by atoms with Crippen LogP contribution in [0.5, 0.6) is 11.5 Å². The minimum atomic E-state index is 0.681. The van der Waals surface area contributed by atoms with Crippen molar-refractivity contribution in [2.75, 3.05) is 18.5 Å². The summed E-state index contributed by atoms with van der Waals surface area (Å²) in [5.41, 5.74) is 1.14. The topological polar surface area (TPSA) is 18.5 Å². The summed E-state index contributed by atoms with van der Waals surface area (Å²) in [7, 11) is 0. The molecule has 2 nitrogen and oxygen atoms in total. The van der Waals surface area contributed by atoms with E-state index in [1.165, 1.54) is 32.1 Å². The summed E-state index contributed by atoms with van der Waals surface area (Å²) in [5, 5.41) is 3.41. The Balaban J connectivity index is 1.94. The Morgan fingerprint density at radius 3 is 2.25 bits per heavy atom. The first-order valence-corrected chi connectivity index (χ1v) is 10.2. The predicted octanol–water partition coefficient (Wildman–Crippen LogP) is 6.66. The maximum Gasteiger partial charge on any atom is 0.130 e. The Bertz CT molecular complexity index is 625. The number of hydrogen-bond acceptors (Lipinski definition) is 2. The maximum absolute atomic E-state index is 6.10. The number of ether oxygens (including phenoxy) is 2. The normalized spacial score (nSPS) is 11.0. The predicted molar refractivity (Wildman–Crippen MR) is 107 cm³/mol. The van der Waals surface area contributed by atoms with Crippen LogP contribution < -0.4 is 9.47 Å². The third-order valence-electron chi connectivity index (χ3n) is 4.22. The van der Waals surface area contributed by atoms with E-state index in [1.54, 1.807) is 0 Å². The Morgan fingerprint density at radius 1 is 0.875 bits per heavy atom. The number of fused-ring (bicyclic) bond motifs is 1. The van der Waals surface area contributed by atoms with Gasteiger partial charge in [0.2, 0.25) is 0 Å². The van der Waals surface area contributed by atoms with Crippen molar-refractivity contribution in [3.8, 4) is 11.5 Å². The van der Waals surface area contributed by atoms with Crippen LogP contribution in [0.15, 0.2) is 30.3 Å². The van der Waals surface area contributed by atoms with Crippen molar-refractivity contribution in [1.82, 2.24) is 0 Å². The Hall–Kier alpha value is -1.22. The lowest BCUT2D eigenvalue weighted by molar-refractivity contribution is 0.306. The summed E-state index contributed by atoms with van der Waals surface area (Å²) in [5.74, 6) is 1.96. The number of halogens is 1. The van der Waals surface area contributed by atoms with Crippen molar-refractivity contribution in [1.29, 1.82) is 0 Å². The minimum absolute atomic E-state index is 0.681. The van der Waals surface area contributed by atoms with E-state index in [2.05, 4.69) is 53.2 Å². The van der Waals surface area contributed by atoms with Crippen LogP contribution in [0.4, 0.5) is 0 Å². The van der Waals surface area contributed by atoms with Gasteiger partial charge in [-0.3, -0.25) is 0 Å². The van der Waals surface area contributed by atoms with Crippen molar-refractivity contribution in [3.05, 3.63) is 35.9 Å². The SMILES string of the molecule is CCOc1c(C)cc(OCCCCCCCCBr)c2ccccc12. The van der Waals surface area contributed by atoms with Gasteiger partial charge in [0.25, 0.3) is 0 Å². The van der Waals surface area contributed by atoms with Crippen molar-refractivity contribution >= 4 is 26.7 Å². The van der Waals surface area contributed by atoms with Gasteiger partial charge < -0.3 is 9.47 Å². The Labute approximate surface area is 154 Å². The van der Waals surface area contributed by atoms with E-state index in [9.17, 15) is 0 Å². The first-order valence-electron chi connectivity index (χ1n) is 9.11. The van der Waals surface area contributed by atoms with Crippen LogP contribution in [0, 0.1) is 6.92 Å². The fourth-order valence-corrected chi connectivity index (χ4v) is 3.39. The van der Waals surface area contributed by atoms with Gasteiger partial charge in [0.15, 0.2) is 0 Å². The molecule has 0 aromatic heterocycles. The Morgan fingerprint density at radius 2 is 1.54 bits per heavy atom. The highest BCUT2D eigenvalue weighted by Gasteiger charge is 2.11. The van der Waals surface area contributed by atoms with E-state index >= 15 is 0 Å². The van der Waals surface area contributed by atoms with Gasteiger partial charge in [-0.2, -0.15) is 0 Å². The van der Waals surface area contributed by atoms with Crippen molar-refractivity contribution in [2.24, 2.45) is 0 Å². The van der Waals surface area contributed by atoms with E-state index in [0.29, 0.717) is 6.61 Å². The summed E-state index contributed by atoms with van der Waals surface area (Å²) >= 11 is 3.48. The fraction of sp³-hybridized carbons (Fsp3) is 0.524. The number of hydrogen-bond donors (Lipinski definition) is 0. The molecule has 0 saturated carbocycles. The summed E-state index contributed by atoms with van der Waals surface area (Å²) in [4.78, 5) is 0. The lowest BCUT2D eigenvalue weighted by atomic mass is 10.0. The van der Waals surface area contributed by atoms with Crippen molar-refractivity contribution in [3.63, 3.8) is 0 Å². The molecule has 2 aromatic carbocycles. The van der Waals surface area contributed by atoms with Crippen molar-refractivity contribution < 1.29 is 9.47 Å². The van der Waals surface area contributed by atoms with Gasteiger partial charge in [-0.25, -0.2) is 0 Å². The molecule has 0 N–H and O–H groups in total. The number of unbranched alkanes of at least 4 members (excludes halogenated alkanes) is 5. The largest absolute Gasteiger partial charge is 0.493 e. The molecular formula is C21H29BrO2. The minimum Gasteiger partial charge on any atom is -0.493 e. The van der Waals surface area contributed by atoms with Gasteiger partial charge in [-0.1, -0.05) is 65.9 Å². The molecule has 0 amide bonds. The second-order valence-electron chi connectivity index (χ2n) is 6.16. The van der Waals surface area contributed by atoms with Gasteiger partial charge >= 0.3 is 0 Å². The van der Waals surface area contributed by atoms with E-state index < -0.39 is 0 Å². The quantitative estimate of drug-likeness (QED) is 0.314. The smallest absolute Gasteiger partial charge is 0.130 e. The second kappa shape index (κ2) is 10.6. The van der Waals surface area contributed by atoms with E-state index in [0.717, 1.165) is 46.2 Å². The number of benzene rings is 2. The zero-order chi connectivity index (χ0) is 17.2. The van der Waals surface area contributed by atoms with Crippen molar-refractivity contribution in [2.45, 2.75) is 52.4 Å². The lowest BCUT2D eigenvalue weighted by Crippen LogP contribution is -2.01. The van der Waals surface area contributed by atoms with Gasteiger partial charge in [-0.05, 0) is 38.3 Å². The molecule has 0 heterocycles. The molecule has 0 atom stereocenters. The second-order valence-corrected chi connectivity index (χ2v) is 6.95. The summed E-state index contributed by atoms with van der Waals surface area (Å²) in [6.07, 6.45) is 7.62. The highest BCUT2D eigenvalue weighted by Crippen LogP contribution is 2.36. The lowest BCUT2D eigenvalue weighted by Gasteiger charge is -2.15. The van der Waals surface area contributed by atoms with Crippen LogP contribution in [-0.2, 0) is 0 Å². The van der Waals surface area contributed by atoms with Gasteiger partial charge in [0.05, 0.1) is 13.2 Å². The zero-order valence-electron chi connectivity index (χ0n) is 14.9. The highest BCUT2D eigenvalue weighted by atomic mass is 79.9. The molecule has 24 heavy (non-hydrogen) atoms. The average Bonchev–Trinajstić information content (AvgIpc) is 2.60. The number of aryl methyl sites for hydroxylation is 1. The Kier molecular flexibility index (Phi) is 8.44. The van der Waals surface area contributed by atoms with Crippen LogP contribution in [0.2, 0.25) is 0 Å². The van der Waals surface area contributed by atoms with Crippen LogP contribution in [-0.4, -0.2) is 18.5 Å². The summed E-state index contributed by atoms with van der Waals surface area (Å²) < 4.78 is 11.9. The first kappa shape index (κ1) is 19.1. The fourth-order valence-electron chi connectivity index (χ4n) is 2.99.